The number of nitrogens with one attached hydrogen (secondary N) is 1. The standard InChI is InChI=1S/C13H10N4O4/c1-7-3-2-4-8(12(18)19)11(7)21-10-5-9-15-16-13(20)17(9)6-14-10/h2-6H,1H3,(H,16,20)(H,18,19). The van der Waals surface area contributed by atoms with Gasteiger partial charge < -0.3 is 9.84 Å². The van der Waals surface area contributed by atoms with Crippen molar-refractivity contribution in [2.45, 2.75) is 6.92 Å². The maximum Gasteiger partial charge on any atom is 0.348 e. The molecule has 8 heteroatoms. The fourth-order valence-electron chi connectivity index (χ4n) is 1.91. The summed E-state index contributed by atoms with van der Waals surface area (Å²) in [5.74, 6) is -0.733. The second kappa shape index (κ2) is 4.75. The van der Waals surface area contributed by atoms with Crippen molar-refractivity contribution in [3.63, 3.8) is 0 Å². The second-order valence-corrected chi connectivity index (χ2v) is 4.34. The number of aromatic amines is 1. The summed E-state index contributed by atoms with van der Waals surface area (Å²) in [6, 6.07) is 6.26. The van der Waals surface area contributed by atoms with Crippen LogP contribution in [0.4, 0.5) is 0 Å². The van der Waals surface area contributed by atoms with E-state index in [2.05, 4.69) is 15.2 Å². The average molecular weight is 286 g/mol. The smallest absolute Gasteiger partial charge is 0.348 e. The minimum Gasteiger partial charge on any atom is -0.478 e. The van der Waals surface area contributed by atoms with Gasteiger partial charge in [0.05, 0.1) is 0 Å². The summed E-state index contributed by atoms with van der Waals surface area (Å²) >= 11 is 0. The quantitative estimate of drug-likeness (QED) is 0.749. The third-order valence-electron chi connectivity index (χ3n) is 2.93. The highest BCUT2D eigenvalue weighted by atomic mass is 16.5. The number of H-pyrrole nitrogens is 1. The van der Waals surface area contributed by atoms with Crippen LogP contribution in [0.3, 0.4) is 0 Å². The van der Waals surface area contributed by atoms with Crippen LogP contribution in [0.15, 0.2) is 35.4 Å². The largest absolute Gasteiger partial charge is 0.478 e. The summed E-state index contributed by atoms with van der Waals surface area (Å²) in [7, 11) is 0. The van der Waals surface area contributed by atoms with Gasteiger partial charge in [-0.25, -0.2) is 24.1 Å². The summed E-state index contributed by atoms with van der Waals surface area (Å²) in [5, 5.41) is 15.2. The fourth-order valence-corrected chi connectivity index (χ4v) is 1.91. The van der Waals surface area contributed by atoms with Gasteiger partial charge in [0.15, 0.2) is 5.65 Å². The molecule has 0 aliphatic rings. The van der Waals surface area contributed by atoms with Crippen molar-refractivity contribution in [2.75, 3.05) is 0 Å². The molecule has 3 aromatic rings. The Labute approximate surface area is 117 Å². The van der Waals surface area contributed by atoms with Crippen LogP contribution >= 0.6 is 0 Å². The van der Waals surface area contributed by atoms with Crippen LogP contribution in [0.2, 0.25) is 0 Å². The Kier molecular flexibility index (Phi) is 2.90. The molecule has 0 bridgehead atoms. The lowest BCUT2D eigenvalue weighted by Crippen LogP contribution is -2.09. The number of aromatic nitrogens is 4. The highest BCUT2D eigenvalue weighted by Crippen LogP contribution is 2.28. The first-order valence-corrected chi connectivity index (χ1v) is 6.00. The molecule has 2 N–H and O–H groups in total. The molecule has 0 saturated carbocycles. The van der Waals surface area contributed by atoms with Crippen molar-refractivity contribution in [3.8, 4) is 11.6 Å². The van der Waals surface area contributed by atoms with Gasteiger partial charge >= 0.3 is 11.7 Å². The zero-order chi connectivity index (χ0) is 15.0. The molecule has 0 aliphatic carbocycles. The summed E-state index contributed by atoms with van der Waals surface area (Å²) in [5.41, 5.74) is 0.619. The van der Waals surface area contributed by atoms with Crippen molar-refractivity contribution in [2.24, 2.45) is 0 Å². The number of rotatable bonds is 3. The molecule has 8 nitrogen and oxygen atoms in total. The predicted molar refractivity (Wildman–Crippen MR) is 71.8 cm³/mol. The topological polar surface area (TPSA) is 110 Å². The number of aromatic carboxylic acids is 1. The van der Waals surface area contributed by atoms with Gasteiger partial charge in [-0.2, -0.15) is 5.10 Å². The van der Waals surface area contributed by atoms with E-state index in [1.807, 2.05) is 0 Å². The van der Waals surface area contributed by atoms with Gasteiger partial charge in [0.2, 0.25) is 5.88 Å². The molecular weight excluding hydrogens is 276 g/mol. The van der Waals surface area contributed by atoms with Gasteiger partial charge in [0.1, 0.15) is 17.6 Å². The first-order chi connectivity index (χ1) is 10.1. The molecule has 1 aromatic carbocycles. The SMILES string of the molecule is Cc1cccc(C(=O)O)c1Oc1cc2n[nH]c(=O)n2cn1. The Morgan fingerprint density at radius 1 is 1.43 bits per heavy atom. The Hall–Kier alpha value is -3.16. The number of hydrogen-bond acceptors (Lipinski definition) is 5. The second-order valence-electron chi connectivity index (χ2n) is 4.34. The number of hydrogen-bond donors (Lipinski definition) is 2. The summed E-state index contributed by atoms with van der Waals surface area (Å²) in [6.45, 7) is 1.74. The van der Waals surface area contributed by atoms with Gasteiger partial charge in [-0.15, -0.1) is 0 Å². The van der Waals surface area contributed by atoms with Crippen molar-refractivity contribution in [1.82, 2.24) is 19.6 Å². The molecule has 0 fully saturated rings. The normalized spacial score (nSPS) is 10.7. The monoisotopic (exact) mass is 286 g/mol. The molecule has 0 spiro atoms. The highest BCUT2D eigenvalue weighted by Gasteiger charge is 2.15. The van der Waals surface area contributed by atoms with Crippen LogP contribution in [0.1, 0.15) is 15.9 Å². The van der Waals surface area contributed by atoms with Crippen LogP contribution in [-0.4, -0.2) is 30.7 Å². The minimum atomic E-state index is -1.09. The summed E-state index contributed by atoms with van der Waals surface area (Å²) < 4.78 is 6.77. The molecule has 2 heterocycles. The predicted octanol–water partition coefficient (Wildman–Crippen LogP) is 1.22. The number of ether oxygens (including phenoxy) is 1. The molecule has 0 atom stereocenters. The maximum atomic E-state index is 11.3. The number of carbonyl (C=O) groups is 1. The number of nitrogens with zero attached hydrogens (tertiary/aromatic N) is 3. The van der Waals surface area contributed by atoms with E-state index >= 15 is 0 Å². The number of benzene rings is 1. The number of aryl methyl sites for hydroxylation is 1. The van der Waals surface area contributed by atoms with Gasteiger partial charge in [-0.1, -0.05) is 12.1 Å². The van der Waals surface area contributed by atoms with E-state index in [1.54, 1.807) is 19.1 Å². The molecule has 106 valence electrons. The van der Waals surface area contributed by atoms with E-state index < -0.39 is 11.7 Å². The fraction of sp³-hybridized carbons (Fsp3) is 0.0769. The molecule has 21 heavy (non-hydrogen) atoms. The lowest BCUT2D eigenvalue weighted by Gasteiger charge is -2.10. The maximum absolute atomic E-state index is 11.3. The Morgan fingerprint density at radius 2 is 2.24 bits per heavy atom. The van der Waals surface area contributed by atoms with Gasteiger partial charge in [0.25, 0.3) is 0 Å². The third-order valence-corrected chi connectivity index (χ3v) is 2.93. The Morgan fingerprint density at radius 3 is 3.00 bits per heavy atom. The highest BCUT2D eigenvalue weighted by molar-refractivity contribution is 5.91. The van der Waals surface area contributed by atoms with Crippen molar-refractivity contribution < 1.29 is 14.6 Å². The van der Waals surface area contributed by atoms with Crippen LogP contribution in [0.5, 0.6) is 11.6 Å². The molecule has 0 aliphatic heterocycles. The van der Waals surface area contributed by atoms with E-state index in [-0.39, 0.29) is 17.2 Å². The molecule has 0 radical (unpaired) electrons. The first-order valence-electron chi connectivity index (χ1n) is 6.00. The minimum absolute atomic E-state index is 0.0380. The van der Waals surface area contributed by atoms with Crippen LogP contribution in [0, 0.1) is 6.92 Å². The molecule has 2 aromatic heterocycles. The molecule has 0 saturated heterocycles. The molecule has 0 amide bonds. The Balaban J connectivity index is 2.06. The van der Waals surface area contributed by atoms with Crippen molar-refractivity contribution in [3.05, 3.63) is 52.2 Å². The number of carboxylic acid groups (broad SMARTS) is 1. The molecule has 0 unspecified atom stereocenters. The lowest BCUT2D eigenvalue weighted by atomic mass is 10.1. The number of para-hydroxylation sites is 1. The van der Waals surface area contributed by atoms with Gasteiger partial charge in [-0.05, 0) is 18.6 Å². The first kappa shape index (κ1) is 12.9. The van der Waals surface area contributed by atoms with Crippen LogP contribution < -0.4 is 10.4 Å². The van der Waals surface area contributed by atoms with Crippen LogP contribution in [-0.2, 0) is 0 Å². The number of fused-ring (bicyclic) bond motifs is 1. The van der Waals surface area contributed by atoms with Crippen molar-refractivity contribution in [1.29, 1.82) is 0 Å². The molecule has 3 rings (SSSR count). The third kappa shape index (κ3) is 2.22. The van der Waals surface area contributed by atoms with E-state index in [4.69, 9.17) is 4.74 Å². The van der Waals surface area contributed by atoms with E-state index in [0.717, 1.165) is 0 Å². The van der Waals surface area contributed by atoms with Gasteiger partial charge in [0, 0.05) is 6.07 Å². The number of carboxylic acids is 1. The zero-order valence-corrected chi connectivity index (χ0v) is 10.9. The average Bonchev–Trinajstić information content (AvgIpc) is 2.82. The Bertz CT molecular complexity index is 897. The van der Waals surface area contributed by atoms with Gasteiger partial charge in [-0.3, -0.25) is 0 Å². The van der Waals surface area contributed by atoms with Crippen LogP contribution in [0.25, 0.3) is 5.65 Å². The van der Waals surface area contributed by atoms with E-state index in [0.29, 0.717) is 11.2 Å². The van der Waals surface area contributed by atoms with Crippen molar-refractivity contribution >= 4 is 11.6 Å². The lowest BCUT2D eigenvalue weighted by molar-refractivity contribution is 0.0694. The molecular formula is C13H10N4O4. The van der Waals surface area contributed by atoms with E-state index in [9.17, 15) is 14.7 Å². The summed E-state index contributed by atoms with van der Waals surface area (Å²) in [4.78, 5) is 26.5. The van der Waals surface area contributed by atoms with E-state index in [1.165, 1.54) is 22.9 Å². The zero-order valence-electron chi connectivity index (χ0n) is 10.9. The summed E-state index contributed by atoms with van der Waals surface area (Å²) in [6.07, 6.45) is 1.26.